The van der Waals surface area contributed by atoms with Crippen LogP contribution in [-0.2, 0) is 6.54 Å². The molecular formula is C30H35N3O5. The smallest absolute Gasteiger partial charge is 0.259 e. The lowest BCUT2D eigenvalue weighted by atomic mass is 9.89. The molecule has 38 heavy (non-hydrogen) atoms. The number of carbonyl (C=O) groups excluding carboxylic acids is 2. The largest absolute Gasteiger partial charge is 0.496 e. The number of rotatable bonds is 9. The highest BCUT2D eigenvalue weighted by Crippen LogP contribution is 2.31. The Morgan fingerprint density at radius 2 is 1.61 bits per heavy atom. The number of para-hydroxylation sites is 1. The first-order chi connectivity index (χ1) is 18.4. The van der Waals surface area contributed by atoms with Crippen molar-refractivity contribution in [3.63, 3.8) is 0 Å². The van der Waals surface area contributed by atoms with Crippen LogP contribution in [0.2, 0.25) is 0 Å². The summed E-state index contributed by atoms with van der Waals surface area (Å²) >= 11 is 0. The number of benzene rings is 3. The minimum Gasteiger partial charge on any atom is -0.496 e. The van der Waals surface area contributed by atoms with Gasteiger partial charge in [-0.3, -0.25) is 9.59 Å². The zero-order valence-corrected chi connectivity index (χ0v) is 22.1. The van der Waals surface area contributed by atoms with E-state index in [1.165, 1.54) is 7.11 Å². The van der Waals surface area contributed by atoms with Gasteiger partial charge in [0, 0.05) is 29.9 Å². The molecule has 3 aromatic rings. The third-order valence-corrected chi connectivity index (χ3v) is 6.96. The van der Waals surface area contributed by atoms with Crippen LogP contribution in [0.1, 0.15) is 52.0 Å². The van der Waals surface area contributed by atoms with Crippen LogP contribution in [0.4, 0.5) is 5.69 Å². The van der Waals surface area contributed by atoms with Crippen molar-refractivity contribution in [2.24, 2.45) is 5.73 Å². The van der Waals surface area contributed by atoms with E-state index in [-0.39, 0.29) is 23.9 Å². The number of carbonyl (C=O) groups is 2. The fourth-order valence-corrected chi connectivity index (χ4v) is 4.98. The van der Waals surface area contributed by atoms with Crippen molar-refractivity contribution in [3.8, 4) is 17.2 Å². The molecule has 0 aliphatic heterocycles. The van der Waals surface area contributed by atoms with Crippen LogP contribution in [0.25, 0.3) is 0 Å². The van der Waals surface area contributed by atoms with Crippen LogP contribution in [-0.4, -0.2) is 50.1 Å². The van der Waals surface area contributed by atoms with Crippen LogP contribution in [0.15, 0.2) is 66.7 Å². The van der Waals surface area contributed by atoms with Gasteiger partial charge < -0.3 is 30.2 Å². The Bertz CT molecular complexity index is 1280. The van der Waals surface area contributed by atoms with E-state index in [0.717, 1.165) is 31.2 Å². The second-order valence-electron chi connectivity index (χ2n) is 9.37. The number of nitrogens with two attached hydrogens (primary N) is 1. The summed E-state index contributed by atoms with van der Waals surface area (Å²) in [7, 11) is 4.64. The predicted octanol–water partition coefficient (Wildman–Crippen LogP) is 4.88. The van der Waals surface area contributed by atoms with Crippen molar-refractivity contribution in [2.75, 3.05) is 26.6 Å². The Hall–Kier alpha value is -4.04. The van der Waals surface area contributed by atoms with E-state index in [0.29, 0.717) is 40.6 Å². The van der Waals surface area contributed by atoms with E-state index in [9.17, 15) is 9.59 Å². The number of methoxy groups -OCH3 is 3. The van der Waals surface area contributed by atoms with E-state index in [1.54, 1.807) is 50.6 Å². The molecule has 0 bridgehead atoms. The van der Waals surface area contributed by atoms with Gasteiger partial charge in [-0.2, -0.15) is 0 Å². The summed E-state index contributed by atoms with van der Waals surface area (Å²) < 4.78 is 16.1. The van der Waals surface area contributed by atoms with Gasteiger partial charge in [-0.15, -0.1) is 0 Å². The Balaban J connectivity index is 1.60. The van der Waals surface area contributed by atoms with Crippen LogP contribution >= 0.6 is 0 Å². The highest BCUT2D eigenvalue weighted by atomic mass is 16.5. The Labute approximate surface area is 223 Å². The van der Waals surface area contributed by atoms with E-state index >= 15 is 0 Å². The number of nitrogens with one attached hydrogen (secondary N) is 1. The van der Waals surface area contributed by atoms with Gasteiger partial charge in [-0.05, 0) is 60.9 Å². The molecule has 2 amide bonds. The molecule has 0 spiro atoms. The molecule has 1 fully saturated rings. The van der Waals surface area contributed by atoms with Gasteiger partial charge in [0.2, 0.25) is 0 Å². The lowest BCUT2D eigenvalue weighted by Crippen LogP contribution is -2.51. The molecule has 1 aliphatic rings. The van der Waals surface area contributed by atoms with Crippen molar-refractivity contribution in [1.82, 2.24) is 4.90 Å². The maximum Gasteiger partial charge on any atom is 0.259 e. The third-order valence-electron chi connectivity index (χ3n) is 6.96. The van der Waals surface area contributed by atoms with Gasteiger partial charge in [0.15, 0.2) is 11.5 Å². The lowest BCUT2D eigenvalue weighted by molar-refractivity contribution is 0.0583. The van der Waals surface area contributed by atoms with Crippen LogP contribution in [0.5, 0.6) is 17.2 Å². The van der Waals surface area contributed by atoms with E-state index < -0.39 is 0 Å². The summed E-state index contributed by atoms with van der Waals surface area (Å²) in [5.41, 5.74) is 8.99. The van der Waals surface area contributed by atoms with Crippen LogP contribution in [0, 0.1) is 0 Å². The van der Waals surface area contributed by atoms with Crippen LogP contribution < -0.4 is 25.3 Å². The van der Waals surface area contributed by atoms with E-state index in [2.05, 4.69) is 5.32 Å². The first-order valence-corrected chi connectivity index (χ1v) is 12.8. The lowest BCUT2D eigenvalue weighted by Gasteiger charge is -2.38. The SMILES string of the molecule is COc1ccc(C(=O)N(Cc2cccc(NC(=O)c3ccccc3OC)c2)C2CCCCC2N)cc1OC. The molecule has 2 unspecified atom stereocenters. The molecule has 8 heteroatoms. The van der Waals surface area contributed by atoms with Gasteiger partial charge >= 0.3 is 0 Å². The number of ether oxygens (including phenoxy) is 3. The minimum absolute atomic E-state index is 0.101. The summed E-state index contributed by atoms with van der Waals surface area (Å²) in [4.78, 5) is 28.7. The highest BCUT2D eigenvalue weighted by molar-refractivity contribution is 6.06. The molecule has 2 atom stereocenters. The molecule has 1 aliphatic carbocycles. The quantitative estimate of drug-likeness (QED) is 0.420. The maximum absolute atomic E-state index is 13.9. The first kappa shape index (κ1) is 27.0. The van der Waals surface area contributed by atoms with Crippen molar-refractivity contribution < 1.29 is 23.8 Å². The summed E-state index contributed by atoms with van der Waals surface area (Å²) in [5.74, 6) is 1.15. The number of anilines is 1. The third kappa shape index (κ3) is 6.08. The number of hydrogen-bond donors (Lipinski definition) is 2. The average molecular weight is 518 g/mol. The zero-order valence-electron chi connectivity index (χ0n) is 22.1. The Morgan fingerprint density at radius 3 is 2.34 bits per heavy atom. The van der Waals surface area contributed by atoms with E-state index in [4.69, 9.17) is 19.9 Å². The molecular weight excluding hydrogens is 482 g/mol. The highest BCUT2D eigenvalue weighted by Gasteiger charge is 2.32. The fourth-order valence-electron chi connectivity index (χ4n) is 4.98. The molecule has 8 nitrogen and oxygen atoms in total. The Morgan fingerprint density at radius 1 is 0.868 bits per heavy atom. The molecule has 1 saturated carbocycles. The fraction of sp³-hybridized carbons (Fsp3) is 0.333. The summed E-state index contributed by atoms with van der Waals surface area (Å²) in [6.07, 6.45) is 3.78. The van der Waals surface area contributed by atoms with Crippen molar-refractivity contribution in [3.05, 3.63) is 83.4 Å². The van der Waals surface area contributed by atoms with Gasteiger partial charge in [0.25, 0.3) is 11.8 Å². The molecule has 4 rings (SSSR count). The number of nitrogens with zero attached hydrogens (tertiary/aromatic N) is 1. The molecule has 0 aromatic heterocycles. The summed E-state index contributed by atoms with van der Waals surface area (Å²) in [6.45, 7) is 0.351. The van der Waals surface area contributed by atoms with Crippen molar-refractivity contribution in [1.29, 1.82) is 0 Å². The van der Waals surface area contributed by atoms with Crippen molar-refractivity contribution >= 4 is 17.5 Å². The number of hydrogen-bond acceptors (Lipinski definition) is 6. The van der Waals surface area contributed by atoms with Gasteiger partial charge in [-0.1, -0.05) is 37.1 Å². The minimum atomic E-state index is -0.271. The summed E-state index contributed by atoms with van der Waals surface area (Å²) in [5, 5.41) is 2.95. The maximum atomic E-state index is 13.9. The second-order valence-corrected chi connectivity index (χ2v) is 9.37. The molecule has 0 radical (unpaired) electrons. The molecule has 200 valence electrons. The monoisotopic (exact) mass is 517 g/mol. The number of amides is 2. The second kappa shape index (κ2) is 12.5. The van der Waals surface area contributed by atoms with Gasteiger partial charge in [0.05, 0.1) is 26.9 Å². The molecule has 3 aromatic carbocycles. The summed E-state index contributed by atoms with van der Waals surface area (Å²) in [6, 6.07) is 19.6. The normalized spacial score (nSPS) is 16.8. The Kier molecular flexibility index (Phi) is 8.86. The van der Waals surface area contributed by atoms with Crippen molar-refractivity contribution in [2.45, 2.75) is 44.3 Å². The average Bonchev–Trinajstić information content (AvgIpc) is 2.95. The topological polar surface area (TPSA) is 103 Å². The van der Waals surface area contributed by atoms with Crippen LogP contribution in [0.3, 0.4) is 0 Å². The first-order valence-electron chi connectivity index (χ1n) is 12.8. The zero-order chi connectivity index (χ0) is 27.1. The van der Waals surface area contributed by atoms with Gasteiger partial charge in [-0.25, -0.2) is 0 Å². The van der Waals surface area contributed by atoms with E-state index in [1.807, 2.05) is 35.2 Å². The standard InChI is InChI=1S/C30H35N3O5/c1-36-26-14-7-4-11-23(26)29(34)32-22-10-8-9-20(17-22)19-33(25-13-6-5-12-24(25)31)30(35)21-15-16-27(37-2)28(18-21)38-3/h4,7-11,14-18,24-25H,5-6,12-13,19,31H2,1-3H3,(H,32,34). The predicted molar refractivity (Wildman–Crippen MR) is 147 cm³/mol. The van der Waals surface area contributed by atoms with Gasteiger partial charge in [0.1, 0.15) is 5.75 Å². The molecule has 0 heterocycles. The molecule has 3 N–H and O–H groups in total. The molecule has 0 saturated heterocycles.